The van der Waals surface area contributed by atoms with Crippen molar-refractivity contribution in [2.24, 2.45) is 0 Å². The van der Waals surface area contributed by atoms with E-state index in [9.17, 15) is 19.5 Å². The molecule has 5 aliphatic rings. The normalized spacial score (nSPS) is 23.5. The minimum atomic E-state index is -0.419. The summed E-state index contributed by atoms with van der Waals surface area (Å²) in [5.74, 6) is 0.647. The van der Waals surface area contributed by atoms with E-state index in [-0.39, 0.29) is 48.5 Å². The van der Waals surface area contributed by atoms with Gasteiger partial charge in [0.25, 0.3) is 5.91 Å². The average molecular weight is 871 g/mol. The van der Waals surface area contributed by atoms with Crippen LogP contribution in [-0.2, 0) is 19.0 Å². The zero-order chi connectivity index (χ0) is 44.2. The van der Waals surface area contributed by atoms with E-state index in [1.807, 2.05) is 49.9 Å². The number of aryl methyl sites for hydroxylation is 2. The van der Waals surface area contributed by atoms with Crippen molar-refractivity contribution in [1.82, 2.24) is 34.9 Å². The number of imide groups is 1. The van der Waals surface area contributed by atoms with Crippen LogP contribution in [0.4, 0.5) is 22.0 Å². The van der Waals surface area contributed by atoms with Crippen LogP contribution in [0.3, 0.4) is 0 Å². The summed E-state index contributed by atoms with van der Waals surface area (Å²) >= 11 is 0. The lowest BCUT2D eigenvalue weighted by molar-refractivity contribution is -0.204. The lowest BCUT2D eigenvalue weighted by Gasteiger charge is -2.39. The van der Waals surface area contributed by atoms with Crippen LogP contribution in [0.15, 0.2) is 60.9 Å². The molecule has 4 aliphatic heterocycles. The number of urea groups is 1. The molecule has 4 saturated heterocycles. The number of nitrogens with two attached hydrogens (primary N) is 1. The number of nitrogen functional groups attached to an aromatic ring is 1. The van der Waals surface area contributed by atoms with Crippen LogP contribution in [0.25, 0.3) is 22.3 Å². The van der Waals surface area contributed by atoms with E-state index in [2.05, 4.69) is 42.1 Å². The van der Waals surface area contributed by atoms with Crippen LogP contribution in [0.1, 0.15) is 76.9 Å². The topological polar surface area (TPSA) is 194 Å². The molecule has 0 radical (unpaired) electrons. The number of nitrogens with zero attached hydrogens (tertiary/aromatic N) is 8. The number of phenols is 1. The van der Waals surface area contributed by atoms with E-state index < -0.39 is 6.03 Å². The molecule has 4 amide bonds. The summed E-state index contributed by atoms with van der Waals surface area (Å²) in [7, 11) is 0. The average Bonchev–Trinajstić information content (AvgIpc) is 4.07. The number of nitrogens with one attached hydrogen (secondary N) is 1. The number of para-hydroxylation sites is 1. The van der Waals surface area contributed by atoms with Gasteiger partial charge in [-0.25, -0.2) is 9.78 Å². The predicted octanol–water partition coefficient (Wildman–Crippen LogP) is 5.06. The number of hydrogen-bond acceptors (Lipinski definition) is 13. The fourth-order valence-electron chi connectivity index (χ4n) is 9.62. The van der Waals surface area contributed by atoms with Gasteiger partial charge in [0.2, 0.25) is 5.91 Å². The van der Waals surface area contributed by atoms with Crippen LogP contribution in [0.2, 0.25) is 0 Å². The molecule has 5 aromatic rings. The molecule has 17 heteroatoms. The van der Waals surface area contributed by atoms with Gasteiger partial charge in [0.05, 0.1) is 48.6 Å². The summed E-state index contributed by atoms with van der Waals surface area (Å²) in [5, 5.41) is 22.4. The third-order valence-electron chi connectivity index (χ3n) is 13.3. The van der Waals surface area contributed by atoms with Gasteiger partial charge in [-0.3, -0.25) is 24.7 Å². The molecular weight excluding hydrogens is 817 g/mol. The molecule has 5 fully saturated rings. The summed E-state index contributed by atoms with van der Waals surface area (Å²) in [4.78, 5) is 51.1. The number of aromatic nitrogens is 4. The van der Waals surface area contributed by atoms with Gasteiger partial charge in [-0.1, -0.05) is 18.2 Å². The summed E-state index contributed by atoms with van der Waals surface area (Å²) < 4.78 is 21.3. The number of hydrogen-bond donors (Lipinski definition) is 3. The number of anilines is 3. The van der Waals surface area contributed by atoms with Gasteiger partial charge < -0.3 is 39.4 Å². The number of morpholine rings is 1. The quantitative estimate of drug-likeness (QED) is 0.178. The Labute approximate surface area is 371 Å². The van der Waals surface area contributed by atoms with Crippen molar-refractivity contribution in [2.45, 2.75) is 70.5 Å². The number of phenolic OH excluding ortho intramolecular Hbond substituents is 1. The van der Waals surface area contributed by atoms with E-state index in [1.54, 1.807) is 29.3 Å². The maximum Gasteiger partial charge on any atom is 0.328 e. The SMILES string of the molecule is Cc1cc([C@@H]2CN(c3cc(-c4ccccc4O)nnc3N)C[C@H](C)O2)c(C)cc1C(=O)N1CCN(CC2OCC(n3cc(C4CC4)c4cc(N5CCC(=O)NC5=O)cnc43)CO2)CC1. The van der Waals surface area contributed by atoms with Crippen molar-refractivity contribution in [3.63, 3.8) is 0 Å². The van der Waals surface area contributed by atoms with E-state index in [0.29, 0.717) is 99.8 Å². The fraction of sp³-hybridized carbons (Fsp3) is 0.447. The van der Waals surface area contributed by atoms with Crippen molar-refractivity contribution >= 4 is 46.1 Å². The highest BCUT2D eigenvalue weighted by Crippen LogP contribution is 2.45. The zero-order valence-electron chi connectivity index (χ0n) is 36.4. The second kappa shape index (κ2) is 17.1. The van der Waals surface area contributed by atoms with Gasteiger partial charge in [0.1, 0.15) is 17.5 Å². The summed E-state index contributed by atoms with van der Waals surface area (Å²) in [6.45, 7) is 11.7. The number of piperazine rings is 1. The van der Waals surface area contributed by atoms with Gasteiger partial charge >= 0.3 is 6.03 Å². The maximum absolute atomic E-state index is 14.0. The summed E-state index contributed by atoms with van der Waals surface area (Å²) in [5.41, 5.74) is 14.6. The third-order valence-corrected chi connectivity index (χ3v) is 13.3. The van der Waals surface area contributed by atoms with Crippen molar-refractivity contribution in [3.8, 4) is 17.0 Å². The van der Waals surface area contributed by atoms with Gasteiger partial charge in [0.15, 0.2) is 12.1 Å². The summed E-state index contributed by atoms with van der Waals surface area (Å²) in [6, 6.07) is 14.5. The van der Waals surface area contributed by atoms with E-state index in [4.69, 9.17) is 24.9 Å². The number of ether oxygens (including phenoxy) is 3. The molecule has 64 heavy (non-hydrogen) atoms. The first-order valence-corrected chi connectivity index (χ1v) is 22.3. The number of benzene rings is 2. The molecule has 1 saturated carbocycles. The predicted molar refractivity (Wildman–Crippen MR) is 239 cm³/mol. The van der Waals surface area contributed by atoms with Crippen molar-refractivity contribution in [3.05, 3.63) is 88.7 Å². The number of aromatic hydroxyl groups is 1. The van der Waals surface area contributed by atoms with E-state index in [0.717, 1.165) is 46.3 Å². The summed E-state index contributed by atoms with van der Waals surface area (Å²) in [6.07, 6.45) is 5.62. The lowest BCUT2D eigenvalue weighted by Crippen LogP contribution is -2.51. The standard InChI is InChI=1S/C47H54N10O7/c1-27-17-35(28(2)16-34(27)41-23-55(21-29(3)64-41)39-19-38(51-52-44(39)48)33-6-4-5-7-40(33)58)46(60)54-14-12-53(13-15-54)24-43-62-25-32(26-63-43)57-22-37(30-8-9-30)36-18-31(20-49-45(36)57)56-11-10-42(59)50-47(56)61/h4-7,16-20,22,29-30,32,41,43,58H,8-15,21,23-26H2,1-3H3,(H2,48,52)(H,50,59,61)/t29-,32?,41-,43?/m0/s1. The molecule has 3 aromatic heterocycles. The van der Waals surface area contributed by atoms with Gasteiger partial charge in [-0.2, -0.15) is 0 Å². The third kappa shape index (κ3) is 8.24. The highest BCUT2D eigenvalue weighted by molar-refractivity contribution is 6.06. The minimum absolute atomic E-state index is 0.0197. The minimum Gasteiger partial charge on any atom is -0.507 e. The van der Waals surface area contributed by atoms with Crippen LogP contribution in [0.5, 0.6) is 5.75 Å². The Kier molecular flexibility index (Phi) is 11.2. The highest BCUT2D eigenvalue weighted by Gasteiger charge is 2.35. The smallest absolute Gasteiger partial charge is 0.328 e. The van der Waals surface area contributed by atoms with E-state index in [1.165, 1.54) is 5.56 Å². The Morgan fingerprint density at radius 3 is 2.47 bits per heavy atom. The molecular formula is C47H54N10O7. The Morgan fingerprint density at radius 1 is 0.938 bits per heavy atom. The first-order chi connectivity index (χ1) is 31.0. The molecule has 334 valence electrons. The van der Waals surface area contributed by atoms with E-state index >= 15 is 0 Å². The van der Waals surface area contributed by atoms with Crippen LogP contribution in [-0.4, -0.2) is 130 Å². The Morgan fingerprint density at radius 2 is 1.72 bits per heavy atom. The molecule has 0 bridgehead atoms. The molecule has 4 N–H and O–H groups in total. The number of pyridine rings is 1. The van der Waals surface area contributed by atoms with Crippen molar-refractivity contribution < 1.29 is 33.7 Å². The van der Waals surface area contributed by atoms with Crippen molar-refractivity contribution in [1.29, 1.82) is 0 Å². The van der Waals surface area contributed by atoms with Crippen LogP contribution >= 0.6 is 0 Å². The molecule has 2 atom stereocenters. The second-order valence-corrected chi connectivity index (χ2v) is 17.8. The fourth-order valence-corrected chi connectivity index (χ4v) is 9.62. The molecule has 17 nitrogen and oxygen atoms in total. The van der Waals surface area contributed by atoms with Crippen LogP contribution in [0, 0.1) is 13.8 Å². The van der Waals surface area contributed by atoms with Gasteiger partial charge in [0, 0.05) is 81.5 Å². The first kappa shape index (κ1) is 41.8. The highest BCUT2D eigenvalue weighted by atomic mass is 16.7. The molecule has 0 unspecified atom stereocenters. The van der Waals surface area contributed by atoms with Gasteiger partial charge in [-0.15, -0.1) is 10.2 Å². The Hall–Kier alpha value is -6.14. The van der Waals surface area contributed by atoms with Crippen LogP contribution < -0.4 is 20.9 Å². The lowest BCUT2D eigenvalue weighted by atomic mass is 9.94. The largest absolute Gasteiger partial charge is 0.507 e. The molecule has 2 aromatic carbocycles. The Balaban J connectivity index is 0.745. The maximum atomic E-state index is 14.0. The van der Waals surface area contributed by atoms with Crippen molar-refractivity contribution in [2.75, 3.05) is 81.1 Å². The van der Waals surface area contributed by atoms with Gasteiger partial charge in [-0.05, 0) is 92.1 Å². The first-order valence-electron chi connectivity index (χ1n) is 22.3. The zero-order valence-corrected chi connectivity index (χ0v) is 36.4. The number of rotatable bonds is 9. The molecule has 1 aliphatic carbocycles. The monoisotopic (exact) mass is 870 g/mol. The number of amides is 4. The number of carbonyl (C=O) groups is 3. The molecule has 7 heterocycles. The Bertz CT molecular complexity index is 2620. The molecule has 10 rings (SSSR count). The molecule has 0 spiro atoms. The second-order valence-electron chi connectivity index (χ2n) is 17.8. The number of fused-ring (bicyclic) bond motifs is 1. The number of carbonyl (C=O) groups excluding carboxylic acids is 3.